The van der Waals surface area contributed by atoms with Crippen LogP contribution in [0, 0.1) is 0 Å². The van der Waals surface area contributed by atoms with E-state index in [9.17, 15) is 8.42 Å². The summed E-state index contributed by atoms with van der Waals surface area (Å²) in [5.74, 6) is 0.221. The quantitative estimate of drug-likeness (QED) is 0.902. The van der Waals surface area contributed by atoms with E-state index in [2.05, 4.69) is 10.2 Å². The lowest BCUT2D eigenvalue weighted by Gasteiger charge is -2.27. The molecule has 0 aromatic heterocycles. The summed E-state index contributed by atoms with van der Waals surface area (Å²) in [6, 6.07) is 3.43. The van der Waals surface area contributed by atoms with Gasteiger partial charge in [-0.3, -0.25) is 4.90 Å². The van der Waals surface area contributed by atoms with Crippen molar-refractivity contribution in [2.45, 2.75) is 11.4 Å². The lowest BCUT2D eigenvalue weighted by Crippen LogP contribution is -2.42. The third-order valence-corrected chi connectivity index (χ3v) is 4.67. The third-order valence-electron chi connectivity index (χ3n) is 3.29. The number of ether oxygens (including phenoxy) is 1. The van der Waals surface area contributed by atoms with Gasteiger partial charge in [-0.05, 0) is 17.7 Å². The maximum atomic E-state index is 11.8. The fraction of sp³-hybridized carbons (Fsp3) is 0.538. The van der Waals surface area contributed by atoms with Crippen LogP contribution in [0.5, 0.6) is 5.75 Å². The normalized spacial score (nSPS) is 17.1. The Morgan fingerprint density at radius 3 is 2.55 bits per heavy atom. The predicted molar refractivity (Wildman–Crippen MR) is 79.3 cm³/mol. The molecule has 0 saturated carbocycles. The zero-order valence-corrected chi connectivity index (χ0v) is 13.2. The summed E-state index contributed by atoms with van der Waals surface area (Å²) < 4.78 is 28.8. The highest BCUT2D eigenvalue weighted by atomic mass is 35.5. The van der Waals surface area contributed by atoms with E-state index in [0.717, 1.165) is 38.0 Å². The van der Waals surface area contributed by atoms with Crippen molar-refractivity contribution in [2.75, 3.05) is 39.5 Å². The molecule has 1 aromatic rings. The maximum absolute atomic E-state index is 11.8. The van der Waals surface area contributed by atoms with Gasteiger partial charge < -0.3 is 10.1 Å². The molecule has 5 nitrogen and oxygen atoms in total. The van der Waals surface area contributed by atoms with Crippen molar-refractivity contribution in [2.24, 2.45) is 0 Å². The Bertz CT molecular complexity index is 584. The molecule has 1 N–H and O–H groups in total. The van der Waals surface area contributed by atoms with Crippen molar-refractivity contribution in [3.8, 4) is 5.75 Å². The maximum Gasteiger partial charge on any atom is 0.179 e. The second kappa shape index (κ2) is 6.30. The number of piperazine rings is 1. The molecule has 1 aliphatic rings. The summed E-state index contributed by atoms with van der Waals surface area (Å²) in [6.07, 6.45) is 1.16. The molecule has 0 amide bonds. The van der Waals surface area contributed by atoms with E-state index >= 15 is 0 Å². The minimum atomic E-state index is -3.37. The molecule has 0 atom stereocenters. The standard InChI is InChI=1S/C13H19ClN2O3S/c1-19-13-11(14)7-10(8-12(13)20(2,17)18)9-16-5-3-15-4-6-16/h7-8,15H,3-6,9H2,1-2H3. The van der Waals surface area contributed by atoms with E-state index in [-0.39, 0.29) is 10.6 Å². The minimum Gasteiger partial charge on any atom is -0.494 e. The van der Waals surface area contributed by atoms with Crippen molar-refractivity contribution in [3.05, 3.63) is 22.7 Å². The van der Waals surface area contributed by atoms with Crippen LogP contribution in [-0.4, -0.2) is 52.9 Å². The van der Waals surface area contributed by atoms with E-state index in [1.807, 2.05) is 0 Å². The molecule has 1 aromatic carbocycles. The highest BCUT2D eigenvalue weighted by molar-refractivity contribution is 7.90. The highest BCUT2D eigenvalue weighted by Crippen LogP contribution is 2.33. The van der Waals surface area contributed by atoms with Gasteiger partial charge in [-0.1, -0.05) is 11.6 Å². The molecule has 0 unspecified atom stereocenters. The van der Waals surface area contributed by atoms with Crippen molar-refractivity contribution in [1.29, 1.82) is 0 Å². The first-order valence-corrected chi connectivity index (χ1v) is 8.68. The van der Waals surface area contributed by atoms with Crippen molar-refractivity contribution in [1.82, 2.24) is 10.2 Å². The van der Waals surface area contributed by atoms with Crippen molar-refractivity contribution in [3.63, 3.8) is 0 Å². The van der Waals surface area contributed by atoms with Crippen LogP contribution < -0.4 is 10.1 Å². The number of benzene rings is 1. The topological polar surface area (TPSA) is 58.6 Å². The van der Waals surface area contributed by atoms with E-state index in [0.29, 0.717) is 11.6 Å². The van der Waals surface area contributed by atoms with Crippen LogP contribution in [0.15, 0.2) is 17.0 Å². The molecule has 1 aliphatic heterocycles. The zero-order valence-electron chi connectivity index (χ0n) is 11.6. The van der Waals surface area contributed by atoms with Crippen LogP contribution >= 0.6 is 11.6 Å². The molecule has 0 aliphatic carbocycles. The molecule has 112 valence electrons. The summed E-state index contributed by atoms with van der Waals surface area (Å²) in [4.78, 5) is 2.42. The van der Waals surface area contributed by atoms with Gasteiger partial charge in [-0.2, -0.15) is 0 Å². The molecule has 0 radical (unpaired) electrons. The van der Waals surface area contributed by atoms with Gasteiger partial charge in [0, 0.05) is 39.0 Å². The smallest absolute Gasteiger partial charge is 0.179 e. The van der Waals surface area contributed by atoms with Crippen LogP contribution in [0.25, 0.3) is 0 Å². The van der Waals surface area contributed by atoms with Gasteiger partial charge in [0.1, 0.15) is 4.90 Å². The summed E-state index contributed by atoms with van der Waals surface area (Å²) in [7, 11) is -1.95. The van der Waals surface area contributed by atoms with Crippen molar-refractivity contribution >= 4 is 21.4 Å². The van der Waals surface area contributed by atoms with Gasteiger partial charge in [0.2, 0.25) is 0 Å². The molecular weight excluding hydrogens is 300 g/mol. The Morgan fingerprint density at radius 1 is 1.35 bits per heavy atom. The Labute approximate surface area is 124 Å². The molecule has 7 heteroatoms. The lowest BCUT2D eigenvalue weighted by atomic mass is 10.2. The van der Waals surface area contributed by atoms with Gasteiger partial charge in [0.25, 0.3) is 0 Å². The number of methoxy groups -OCH3 is 1. The van der Waals surface area contributed by atoms with Crippen LogP contribution in [0.4, 0.5) is 0 Å². The second-order valence-electron chi connectivity index (χ2n) is 4.91. The van der Waals surface area contributed by atoms with Crippen LogP contribution in [-0.2, 0) is 16.4 Å². The fourth-order valence-electron chi connectivity index (χ4n) is 2.31. The summed E-state index contributed by atoms with van der Waals surface area (Å²) in [5.41, 5.74) is 0.887. The highest BCUT2D eigenvalue weighted by Gasteiger charge is 2.20. The third kappa shape index (κ3) is 3.63. The first kappa shape index (κ1) is 15.6. The van der Waals surface area contributed by atoms with Gasteiger partial charge in [0.05, 0.1) is 12.1 Å². The summed E-state index contributed by atoms with van der Waals surface area (Å²) in [6.45, 7) is 4.47. The minimum absolute atomic E-state index is 0.151. The molecule has 0 spiro atoms. The number of sulfone groups is 1. The average Bonchev–Trinajstić information content (AvgIpc) is 2.38. The van der Waals surface area contributed by atoms with Gasteiger partial charge in [0.15, 0.2) is 15.6 Å². The Morgan fingerprint density at radius 2 is 2.00 bits per heavy atom. The van der Waals surface area contributed by atoms with Gasteiger partial charge in [-0.15, -0.1) is 0 Å². The zero-order chi connectivity index (χ0) is 14.8. The fourth-order valence-corrected chi connectivity index (χ4v) is 3.58. The lowest BCUT2D eigenvalue weighted by molar-refractivity contribution is 0.233. The monoisotopic (exact) mass is 318 g/mol. The number of rotatable bonds is 4. The van der Waals surface area contributed by atoms with Crippen LogP contribution in [0.3, 0.4) is 0 Å². The molecule has 1 saturated heterocycles. The van der Waals surface area contributed by atoms with E-state index in [1.54, 1.807) is 12.1 Å². The van der Waals surface area contributed by atoms with E-state index in [4.69, 9.17) is 16.3 Å². The van der Waals surface area contributed by atoms with E-state index < -0.39 is 9.84 Å². The Hall–Kier alpha value is -0.820. The number of nitrogens with one attached hydrogen (secondary N) is 1. The average molecular weight is 319 g/mol. The number of hydrogen-bond acceptors (Lipinski definition) is 5. The number of nitrogens with zero attached hydrogens (tertiary/aromatic N) is 1. The molecule has 0 bridgehead atoms. The second-order valence-corrected chi connectivity index (χ2v) is 7.30. The SMILES string of the molecule is COc1c(Cl)cc(CN2CCNCC2)cc1S(C)(=O)=O. The van der Waals surface area contributed by atoms with Crippen molar-refractivity contribution < 1.29 is 13.2 Å². The summed E-state index contributed by atoms with van der Waals surface area (Å²) in [5, 5.41) is 3.62. The molecule has 20 heavy (non-hydrogen) atoms. The number of halogens is 1. The summed E-state index contributed by atoms with van der Waals surface area (Å²) >= 11 is 6.14. The van der Waals surface area contributed by atoms with E-state index in [1.165, 1.54) is 7.11 Å². The molecular formula is C13H19ClN2O3S. The Kier molecular flexibility index (Phi) is 4.90. The molecule has 1 heterocycles. The van der Waals surface area contributed by atoms with Crippen LogP contribution in [0.2, 0.25) is 5.02 Å². The largest absolute Gasteiger partial charge is 0.494 e. The predicted octanol–water partition coefficient (Wildman–Crippen LogP) is 1.16. The molecule has 2 rings (SSSR count). The molecule has 1 fully saturated rings. The first-order valence-electron chi connectivity index (χ1n) is 6.41. The Balaban J connectivity index is 2.33. The first-order chi connectivity index (χ1) is 9.41. The number of hydrogen-bond donors (Lipinski definition) is 1. The van der Waals surface area contributed by atoms with Crippen LogP contribution in [0.1, 0.15) is 5.56 Å². The van der Waals surface area contributed by atoms with Gasteiger partial charge >= 0.3 is 0 Å². The van der Waals surface area contributed by atoms with Gasteiger partial charge in [-0.25, -0.2) is 8.42 Å².